The molecule has 0 aliphatic rings. The van der Waals surface area contributed by atoms with Crippen molar-refractivity contribution in [1.82, 2.24) is 14.8 Å². The fourth-order valence-corrected chi connectivity index (χ4v) is 2.23. The van der Waals surface area contributed by atoms with Gasteiger partial charge in [0.15, 0.2) is 0 Å². The number of rotatable bonds is 2. The van der Waals surface area contributed by atoms with Crippen molar-refractivity contribution in [1.29, 1.82) is 0 Å². The Morgan fingerprint density at radius 3 is 2.74 bits per heavy atom. The van der Waals surface area contributed by atoms with Gasteiger partial charge in [-0.05, 0) is 36.7 Å². The highest BCUT2D eigenvalue weighted by Crippen LogP contribution is 2.29. The van der Waals surface area contributed by atoms with Crippen molar-refractivity contribution >= 4 is 23.2 Å². The van der Waals surface area contributed by atoms with Crippen molar-refractivity contribution < 1.29 is 0 Å². The minimum atomic E-state index is 0.875. The second-order valence-corrected chi connectivity index (χ2v) is 4.64. The summed E-state index contributed by atoms with van der Waals surface area (Å²) >= 11 is 0. The minimum Gasteiger partial charge on any atom is -0.275 e. The normalized spacial score (nSPS) is 10.8. The Bertz CT molecular complexity index is 771. The van der Waals surface area contributed by atoms with Crippen molar-refractivity contribution in [2.45, 2.75) is 6.92 Å². The van der Waals surface area contributed by atoms with E-state index >= 15 is 0 Å². The van der Waals surface area contributed by atoms with E-state index in [2.05, 4.69) is 40.8 Å². The summed E-state index contributed by atoms with van der Waals surface area (Å²) in [5, 5.41) is 6.32. The number of nitrogens with zero attached hydrogens (tertiary/aromatic N) is 4. The van der Waals surface area contributed by atoms with Gasteiger partial charge in [0, 0.05) is 30.4 Å². The van der Waals surface area contributed by atoms with E-state index in [-0.39, 0.29) is 0 Å². The lowest BCUT2D eigenvalue weighted by atomic mass is 10.1. The third-order valence-electron chi connectivity index (χ3n) is 3.13. The number of benzene rings is 1. The highest BCUT2D eigenvalue weighted by atomic mass is 15.2. The predicted molar refractivity (Wildman–Crippen MR) is 77.9 cm³/mol. The molecule has 0 aliphatic heterocycles. The molecule has 0 bridgehead atoms. The summed E-state index contributed by atoms with van der Waals surface area (Å²) in [4.78, 5) is 8.55. The van der Waals surface area contributed by atoms with Crippen molar-refractivity contribution in [3.05, 3.63) is 42.4 Å². The maximum absolute atomic E-state index is 4.49. The van der Waals surface area contributed by atoms with Crippen LogP contribution in [0.25, 0.3) is 22.0 Å². The number of hydrogen-bond acceptors (Lipinski definition) is 3. The van der Waals surface area contributed by atoms with E-state index in [4.69, 9.17) is 0 Å². The zero-order valence-corrected chi connectivity index (χ0v) is 11.0. The number of fused-ring (bicyclic) bond motifs is 1. The molecule has 0 atom stereocenters. The number of hydrogen-bond donors (Lipinski definition) is 0. The molecule has 3 rings (SSSR count). The van der Waals surface area contributed by atoms with Crippen molar-refractivity contribution in [2.75, 3.05) is 0 Å². The van der Waals surface area contributed by atoms with E-state index in [0.717, 1.165) is 27.7 Å². The zero-order chi connectivity index (χ0) is 13.4. The van der Waals surface area contributed by atoms with Crippen molar-refractivity contribution in [3.63, 3.8) is 0 Å². The van der Waals surface area contributed by atoms with E-state index in [1.807, 2.05) is 31.7 Å². The van der Waals surface area contributed by atoms with Gasteiger partial charge in [-0.2, -0.15) is 5.10 Å². The molecule has 0 unspecified atom stereocenters. The van der Waals surface area contributed by atoms with Crippen LogP contribution in [0, 0.1) is 6.92 Å². The largest absolute Gasteiger partial charge is 0.275 e. The van der Waals surface area contributed by atoms with Crippen molar-refractivity contribution in [2.24, 2.45) is 12.0 Å². The van der Waals surface area contributed by atoms with E-state index in [1.165, 1.54) is 5.56 Å². The third-order valence-corrected chi connectivity index (χ3v) is 3.13. The van der Waals surface area contributed by atoms with Crippen LogP contribution in [0.2, 0.25) is 0 Å². The molecule has 94 valence electrons. The van der Waals surface area contributed by atoms with Gasteiger partial charge in [0.05, 0.1) is 17.6 Å². The fourth-order valence-electron chi connectivity index (χ4n) is 2.23. The SMILES string of the molecule is C=Nc1cc(C)cc2cc(-c3cnn(C)c3)ncc12. The first-order chi connectivity index (χ1) is 9.17. The predicted octanol–water partition coefficient (Wildman–Crippen LogP) is 3.28. The van der Waals surface area contributed by atoms with Crippen LogP contribution in [-0.4, -0.2) is 21.5 Å². The average Bonchev–Trinajstić information content (AvgIpc) is 2.83. The van der Waals surface area contributed by atoms with Gasteiger partial charge < -0.3 is 0 Å². The molecular formula is C15H14N4. The maximum Gasteiger partial charge on any atom is 0.0739 e. The summed E-state index contributed by atoms with van der Waals surface area (Å²) in [7, 11) is 1.90. The minimum absolute atomic E-state index is 0.875. The van der Waals surface area contributed by atoms with Crippen LogP contribution in [0.5, 0.6) is 0 Å². The maximum atomic E-state index is 4.49. The smallest absolute Gasteiger partial charge is 0.0739 e. The number of aliphatic imine (C=N–C) groups is 1. The van der Waals surface area contributed by atoms with Gasteiger partial charge in [-0.1, -0.05) is 6.07 Å². The van der Waals surface area contributed by atoms with Gasteiger partial charge in [-0.25, -0.2) is 0 Å². The molecule has 4 nitrogen and oxygen atoms in total. The molecule has 4 heteroatoms. The second kappa shape index (κ2) is 4.31. The lowest BCUT2D eigenvalue weighted by Gasteiger charge is -2.05. The van der Waals surface area contributed by atoms with Gasteiger partial charge >= 0.3 is 0 Å². The number of pyridine rings is 1. The molecule has 1 aromatic carbocycles. The molecule has 0 amide bonds. The topological polar surface area (TPSA) is 43.1 Å². The summed E-state index contributed by atoms with van der Waals surface area (Å²) in [5.41, 5.74) is 3.97. The summed E-state index contributed by atoms with van der Waals surface area (Å²) in [6.45, 7) is 5.67. The summed E-state index contributed by atoms with van der Waals surface area (Å²) in [6.07, 6.45) is 5.62. The summed E-state index contributed by atoms with van der Waals surface area (Å²) in [5.74, 6) is 0. The molecule has 2 heterocycles. The van der Waals surface area contributed by atoms with Gasteiger partial charge in [0.1, 0.15) is 0 Å². The first kappa shape index (κ1) is 11.6. The Hall–Kier alpha value is -2.49. The van der Waals surface area contributed by atoms with Crippen LogP contribution >= 0.6 is 0 Å². The Labute approximate surface area is 111 Å². The molecule has 3 aromatic rings. The fraction of sp³-hybridized carbons (Fsp3) is 0.133. The zero-order valence-electron chi connectivity index (χ0n) is 11.0. The Morgan fingerprint density at radius 2 is 2.05 bits per heavy atom. The molecular weight excluding hydrogens is 236 g/mol. The summed E-state index contributed by atoms with van der Waals surface area (Å²) in [6, 6.07) is 6.21. The van der Waals surface area contributed by atoms with E-state index in [1.54, 1.807) is 4.68 Å². The van der Waals surface area contributed by atoms with Crippen LogP contribution < -0.4 is 0 Å². The van der Waals surface area contributed by atoms with E-state index in [0.29, 0.717) is 0 Å². The van der Waals surface area contributed by atoms with Crippen LogP contribution in [0.3, 0.4) is 0 Å². The second-order valence-electron chi connectivity index (χ2n) is 4.64. The molecule has 0 N–H and O–H groups in total. The van der Waals surface area contributed by atoms with Crippen LogP contribution in [0.15, 0.2) is 41.8 Å². The molecule has 2 aromatic heterocycles. The molecule has 0 radical (unpaired) electrons. The molecule has 19 heavy (non-hydrogen) atoms. The standard InChI is InChI=1S/C15H14N4/c1-10-4-11-6-14(12-7-18-19(3)9-12)17-8-13(11)15(5-10)16-2/h4-9H,2H2,1,3H3. The van der Waals surface area contributed by atoms with Gasteiger partial charge in [0.2, 0.25) is 0 Å². The Morgan fingerprint density at radius 1 is 1.21 bits per heavy atom. The highest BCUT2D eigenvalue weighted by molar-refractivity contribution is 5.94. The quantitative estimate of drug-likeness (QED) is 0.655. The lowest BCUT2D eigenvalue weighted by Crippen LogP contribution is -1.86. The monoisotopic (exact) mass is 250 g/mol. The highest BCUT2D eigenvalue weighted by Gasteiger charge is 2.06. The lowest BCUT2D eigenvalue weighted by molar-refractivity contribution is 0.768. The van der Waals surface area contributed by atoms with Gasteiger partial charge in [0.25, 0.3) is 0 Å². The first-order valence-electron chi connectivity index (χ1n) is 6.03. The number of aryl methyl sites for hydroxylation is 2. The van der Waals surface area contributed by atoms with Crippen LogP contribution in [0.4, 0.5) is 5.69 Å². The molecule has 0 fully saturated rings. The van der Waals surface area contributed by atoms with Crippen LogP contribution in [0.1, 0.15) is 5.56 Å². The molecule has 0 spiro atoms. The Balaban J connectivity index is 2.23. The van der Waals surface area contributed by atoms with Gasteiger partial charge in [-0.3, -0.25) is 14.7 Å². The van der Waals surface area contributed by atoms with E-state index < -0.39 is 0 Å². The summed E-state index contributed by atoms with van der Waals surface area (Å²) < 4.78 is 1.77. The average molecular weight is 250 g/mol. The molecule has 0 aliphatic carbocycles. The Kier molecular flexibility index (Phi) is 2.63. The van der Waals surface area contributed by atoms with Gasteiger partial charge in [-0.15, -0.1) is 0 Å². The molecule has 0 saturated heterocycles. The van der Waals surface area contributed by atoms with Crippen molar-refractivity contribution in [3.8, 4) is 11.3 Å². The first-order valence-corrected chi connectivity index (χ1v) is 6.03. The third kappa shape index (κ3) is 2.01. The number of aromatic nitrogens is 3. The molecule has 0 saturated carbocycles. The van der Waals surface area contributed by atoms with Crippen LogP contribution in [-0.2, 0) is 7.05 Å². The van der Waals surface area contributed by atoms with E-state index in [9.17, 15) is 0 Å².